The zero-order valence-corrected chi connectivity index (χ0v) is 12.1. The number of carbonyl (C=O) groups excluding carboxylic acids is 1. The highest BCUT2D eigenvalue weighted by atomic mass is 16.6. The van der Waals surface area contributed by atoms with Gasteiger partial charge in [-0.05, 0) is 49.4 Å². The van der Waals surface area contributed by atoms with Crippen molar-refractivity contribution < 1.29 is 14.3 Å². The van der Waals surface area contributed by atoms with Crippen molar-refractivity contribution >= 4 is 5.91 Å². The van der Waals surface area contributed by atoms with Gasteiger partial charge in [0.05, 0.1) is 0 Å². The molecule has 21 heavy (non-hydrogen) atoms. The Balaban J connectivity index is 1.60. The molecule has 2 atom stereocenters. The summed E-state index contributed by atoms with van der Waals surface area (Å²) in [6, 6.07) is 5.32. The first kappa shape index (κ1) is 14.2. The van der Waals surface area contributed by atoms with Crippen molar-refractivity contribution in [2.75, 3.05) is 26.3 Å². The molecule has 2 unspecified atom stereocenters. The zero-order chi connectivity index (χ0) is 14.7. The van der Waals surface area contributed by atoms with E-state index in [2.05, 4.69) is 5.32 Å². The minimum Gasteiger partial charge on any atom is -0.486 e. The minimum absolute atomic E-state index is 0.0605. The Kier molecular flexibility index (Phi) is 4.29. The number of nitrogens with one attached hydrogen (secondary N) is 1. The van der Waals surface area contributed by atoms with E-state index in [1.807, 2.05) is 0 Å². The van der Waals surface area contributed by atoms with Crippen LogP contribution in [0, 0.1) is 11.8 Å². The molecular formula is C16H22N2O3. The van der Waals surface area contributed by atoms with Gasteiger partial charge >= 0.3 is 0 Å². The van der Waals surface area contributed by atoms with Crippen LogP contribution < -0.4 is 20.5 Å². The highest BCUT2D eigenvalue weighted by Gasteiger charge is 2.26. The molecule has 0 radical (unpaired) electrons. The summed E-state index contributed by atoms with van der Waals surface area (Å²) < 4.78 is 11.0. The highest BCUT2D eigenvalue weighted by Crippen LogP contribution is 2.32. The molecule has 1 fully saturated rings. The number of ether oxygens (including phenoxy) is 2. The van der Waals surface area contributed by atoms with Gasteiger partial charge in [0.25, 0.3) is 5.91 Å². The summed E-state index contributed by atoms with van der Waals surface area (Å²) in [5.74, 6) is 2.35. The van der Waals surface area contributed by atoms with Crippen molar-refractivity contribution in [1.29, 1.82) is 0 Å². The standard InChI is InChI=1S/C16H22N2O3/c17-9-12-2-1-3-13(12)10-18-16(19)11-4-5-14-15(8-11)21-7-6-20-14/h4-5,8,12-13H,1-3,6-7,9-10,17H2,(H,18,19). The Morgan fingerprint density at radius 1 is 1.19 bits per heavy atom. The van der Waals surface area contributed by atoms with Crippen molar-refractivity contribution in [3.63, 3.8) is 0 Å². The zero-order valence-electron chi connectivity index (χ0n) is 12.1. The lowest BCUT2D eigenvalue weighted by molar-refractivity contribution is 0.0943. The highest BCUT2D eigenvalue weighted by molar-refractivity contribution is 5.94. The quantitative estimate of drug-likeness (QED) is 0.882. The molecule has 1 heterocycles. The van der Waals surface area contributed by atoms with E-state index in [0.717, 1.165) is 6.42 Å². The Labute approximate surface area is 124 Å². The maximum atomic E-state index is 12.2. The second-order valence-electron chi connectivity index (χ2n) is 5.76. The van der Waals surface area contributed by atoms with E-state index in [9.17, 15) is 4.79 Å². The average Bonchev–Trinajstić information content (AvgIpc) is 2.99. The molecule has 114 valence electrons. The first-order valence-electron chi connectivity index (χ1n) is 7.66. The number of fused-ring (bicyclic) bond motifs is 1. The monoisotopic (exact) mass is 290 g/mol. The van der Waals surface area contributed by atoms with E-state index in [1.165, 1.54) is 12.8 Å². The first-order valence-corrected chi connectivity index (χ1v) is 7.66. The summed E-state index contributed by atoms with van der Waals surface area (Å²) in [5.41, 5.74) is 6.39. The normalized spacial score (nSPS) is 23.9. The molecule has 3 rings (SSSR count). The smallest absolute Gasteiger partial charge is 0.251 e. The largest absolute Gasteiger partial charge is 0.486 e. The lowest BCUT2D eigenvalue weighted by Gasteiger charge is -2.20. The number of hydrogen-bond donors (Lipinski definition) is 2. The molecule has 1 aromatic carbocycles. The predicted octanol–water partition coefficient (Wildman–Crippen LogP) is 1.56. The maximum absolute atomic E-state index is 12.2. The SMILES string of the molecule is NCC1CCCC1CNC(=O)c1ccc2c(c1)OCCO2. The summed E-state index contributed by atoms with van der Waals surface area (Å²) >= 11 is 0. The summed E-state index contributed by atoms with van der Waals surface area (Å²) in [4.78, 5) is 12.2. The number of rotatable bonds is 4. The average molecular weight is 290 g/mol. The van der Waals surface area contributed by atoms with Crippen LogP contribution in [-0.2, 0) is 0 Å². The van der Waals surface area contributed by atoms with Gasteiger partial charge < -0.3 is 20.5 Å². The summed E-state index contributed by atoms with van der Waals surface area (Å²) in [7, 11) is 0. The van der Waals surface area contributed by atoms with E-state index in [-0.39, 0.29) is 5.91 Å². The number of nitrogens with two attached hydrogens (primary N) is 1. The minimum atomic E-state index is -0.0605. The van der Waals surface area contributed by atoms with Crippen LogP contribution in [-0.4, -0.2) is 32.2 Å². The molecule has 0 aromatic heterocycles. The van der Waals surface area contributed by atoms with Gasteiger partial charge in [-0.1, -0.05) is 6.42 Å². The fourth-order valence-corrected chi connectivity index (χ4v) is 3.20. The van der Waals surface area contributed by atoms with Crippen molar-refractivity contribution in [3.8, 4) is 11.5 Å². The van der Waals surface area contributed by atoms with Crippen LogP contribution in [0.5, 0.6) is 11.5 Å². The van der Waals surface area contributed by atoms with Gasteiger partial charge in [-0.2, -0.15) is 0 Å². The molecule has 3 N–H and O–H groups in total. The van der Waals surface area contributed by atoms with Crippen LogP contribution in [0.4, 0.5) is 0 Å². The van der Waals surface area contributed by atoms with Crippen LogP contribution in [0.1, 0.15) is 29.6 Å². The molecule has 1 amide bonds. The fraction of sp³-hybridized carbons (Fsp3) is 0.562. The van der Waals surface area contributed by atoms with E-state index in [1.54, 1.807) is 18.2 Å². The molecule has 1 aliphatic heterocycles. The Morgan fingerprint density at radius 2 is 1.95 bits per heavy atom. The van der Waals surface area contributed by atoms with Crippen LogP contribution >= 0.6 is 0 Å². The van der Waals surface area contributed by atoms with Crippen molar-refractivity contribution in [2.45, 2.75) is 19.3 Å². The van der Waals surface area contributed by atoms with Crippen molar-refractivity contribution in [1.82, 2.24) is 5.32 Å². The Morgan fingerprint density at radius 3 is 2.76 bits per heavy atom. The maximum Gasteiger partial charge on any atom is 0.251 e. The van der Waals surface area contributed by atoms with Crippen LogP contribution in [0.2, 0.25) is 0 Å². The van der Waals surface area contributed by atoms with E-state index in [4.69, 9.17) is 15.2 Å². The molecule has 0 saturated heterocycles. The molecule has 1 saturated carbocycles. The van der Waals surface area contributed by atoms with Gasteiger partial charge in [-0.3, -0.25) is 4.79 Å². The molecule has 0 bridgehead atoms. The van der Waals surface area contributed by atoms with Gasteiger partial charge in [-0.25, -0.2) is 0 Å². The fourth-order valence-electron chi connectivity index (χ4n) is 3.20. The second-order valence-corrected chi connectivity index (χ2v) is 5.76. The molecule has 0 spiro atoms. The third-order valence-corrected chi connectivity index (χ3v) is 4.45. The molecule has 2 aliphatic rings. The topological polar surface area (TPSA) is 73.6 Å². The van der Waals surface area contributed by atoms with Crippen molar-refractivity contribution in [3.05, 3.63) is 23.8 Å². The molecular weight excluding hydrogens is 268 g/mol. The number of carbonyl (C=O) groups is 1. The lowest BCUT2D eigenvalue weighted by atomic mass is 9.96. The van der Waals surface area contributed by atoms with Gasteiger partial charge in [0.2, 0.25) is 0 Å². The van der Waals surface area contributed by atoms with Crippen LogP contribution in [0.25, 0.3) is 0 Å². The summed E-state index contributed by atoms with van der Waals surface area (Å²) in [6.07, 6.45) is 3.55. The molecule has 1 aliphatic carbocycles. The molecule has 1 aromatic rings. The third-order valence-electron chi connectivity index (χ3n) is 4.45. The van der Waals surface area contributed by atoms with Crippen molar-refractivity contribution in [2.24, 2.45) is 17.6 Å². The van der Waals surface area contributed by atoms with E-state index < -0.39 is 0 Å². The third kappa shape index (κ3) is 3.13. The van der Waals surface area contributed by atoms with Gasteiger partial charge in [-0.15, -0.1) is 0 Å². The number of hydrogen-bond acceptors (Lipinski definition) is 4. The first-order chi connectivity index (χ1) is 10.3. The number of benzene rings is 1. The van der Waals surface area contributed by atoms with Gasteiger partial charge in [0, 0.05) is 12.1 Å². The molecule has 5 heteroatoms. The number of amides is 1. The van der Waals surface area contributed by atoms with E-state index in [0.29, 0.717) is 55.2 Å². The van der Waals surface area contributed by atoms with Crippen LogP contribution in [0.3, 0.4) is 0 Å². The predicted molar refractivity (Wildman–Crippen MR) is 79.7 cm³/mol. The Hall–Kier alpha value is -1.75. The van der Waals surface area contributed by atoms with Gasteiger partial charge in [0.15, 0.2) is 11.5 Å². The van der Waals surface area contributed by atoms with E-state index >= 15 is 0 Å². The lowest BCUT2D eigenvalue weighted by Crippen LogP contribution is -2.32. The summed E-state index contributed by atoms with van der Waals surface area (Å²) in [5, 5.41) is 3.02. The summed E-state index contributed by atoms with van der Waals surface area (Å²) in [6.45, 7) is 2.50. The van der Waals surface area contributed by atoms with Crippen LogP contribution in [0.15, 0.2) is 18.2 Å². The second kappa shape index (κ2) is 6.35. The van der Waals surface area contributed by atoms with Gasteiger partial charge in [0.1, 0.15) is 13.2 Å². The molecule has 5 nitrogen and oxygen atoms in total. The Bertz CT molecular complexity index is 518.